The molecule has 4 N–H and O–H groups in total. The number of carbonyl (C=O) groups excluding carboxylic acids is 2. The zero-order valence-corrected chi connectivity index (χ0v) is 33.7. The van der Waals surface area contributed by atoms with E-state index in [0.717, 1.165) is 22.3 Å². The molecule has 2 aliphatic heterocycles. The Morgan fingerprint density at radius 3 is 2.03 bits per heavy atom. The number of likely N-dealkylation sites (N-methyl/N-ethyl adjacent to an activating group) is 1. The zero-order chi connectivity index (χ0) is 40.9. The van der Waals surface area contributed by atoms with E-state index < -0.39 is 41.5 Å². The highest BCUT2D eigenvalue weighted by atomic mass is 32.2. The quantitative estimate of drug-likeness (QED) is 0.0259. The van der Waals surface area contributed by atoms with E-state index in [-0.39, 0.29) is 17.1 Å². The molecule has 7 rings (SSSR count). The van der Waals surface area contributed by atoms with E-state index in [0.29, 0.717) is 39.8 Å². The summed E-state index contributed by atoms with van der Waals surface area (Å²) in [5.41, 5.74) is 3.74. The van der Waals surface area contributed by atoms with E-state index in [2.05, 4.69) is 52.2 Å². The van der Waals surface area contributed by atoms with Crippen LogP contribution in [-0.2, 0) is 31.3 Å². The molecule has 0 saturated carbocycles. The third-order valence-corrected chi connectivity index (χ3v) is 12.1. The monoisotopic (exact) mass is 819 g/mol. The number of aliphatic hydroxyl groups excluding tert-OH is 1. The van der Waals surface area contributed by atoms with Crippen LogP contribution in [0.2, 0.25) is 0 Å². The van der Waals surface area contributed by atoms with E-state index in [1.54, 1.807) is 17.5 Å². The molecule has 58 heavy (non-hydrogen) atoms. The van der Waals surface area contributed by atoms with Gasteiger partial charge in [0.2, 0.25) is 0 Å². The maximum absolute atomic E-state index is 13.9. The maximum atomic E-state index is 13.9. The van der Waals surface area contributed by atoms with E-state index in [9.17, 15) is 19.5 Å². The highest BCUT2D eigenvalue weighted by Crippen LogP contribution is 2.42. The van der Waals surface area contributed by atoms with Gasteiger partial charge in [0.05, 0.1) is 14.1 Å². The van der Waals surface area contributed by atoms with Crippen LogP contribution < -0.4 is 15.4 Å². The van der Waals surface area contributed by atoms with Gasteiger partial charge in [0, 0.05) is 22.3 Å². The van der Waals surface area contributed by atoms with Gasteiger partial charge in [-0.3, -0.25) is 14.5 Å². The molecule has 4 aromatic carbocycles. The highest BCUT2D eigenvalue weighted by molar-refractivity contribution is 8.00. The molecule has 0 aliphatic carbocycles. The number of hydrogen-bond donors (Lipinski definition) is 4. The number of quaternary nitrogens is 1. The van der Waals surface area contributed by atoms with Crippen molar-refractivity contribution >= 4 is 51.7 Å². The summed E-state index contributed by atoms with van der Waals surface area (Å²) in [6.07, 6.45) is 0. The second kappa shape index (κ2) is 17.2. The lowest BCUT2D eigenvalue weighted by atomic mass is 9.77. The third kappa shape index (κ3) is 8.20. The fourth-order valence-electron chi connectivity index (χ4n) is 7.52. The van der Waals surface area contributed by atoms with Crippen LogP contribution in [0, 0.1) is 0 Å². The van der Waals surface area contributed by atoms with Crippen LogP contribution in [0.3, 0.4) is 0 Å². The first kappa shape index (κ1) is 40.2. The van der Waals surface area contributed by atoms with Crippen molar-refractivity contribution in [3.05, 3.63) is 160 Å². The molecule has 0 bridgehead atoms. The number of rotatable bonds is 16. The number of hydrogen-bond acceptors (Lipinski definition) is 11. The lowest BCUT2D eigenvalue weighted by Gasteiger charge is -2.49. The third-order valence-electron chi connectivity index (χ3n) is 9.98. The Hall–Kier alpha value is -6.00. The van der Waals surface area contributed by atoms with Gasteiger partial charge in [-0.05, 0) is 41.0 Å². The van der Waals surface area contributed by atoms with Gasteiger partial charge in [0.1, 0.15) is 54.3 Å². The molecule has 298 valence electrons. The van der Waals surface area contributed by atoms with Gasteiger partial charge in [-0.15, -0.1) is 23.1 Å². The summed E-state index contributed by atoms with van der Waals surface area (Å²) in [6.45, 7) is 0.540. The van der Waals surface area contributed by atoms with Gasteiger partial charge in [-0.25, -0.2) is 9.78 Å². The molecule has 3 heterocycles. The molecular weight excluding hydrogens is 777 g/mol. The average molecular weight is 820 g/mol. The summed E-state index contributed by atoms with van der Waals surface area (Å²) in [5.74, 6) is -1.51. The lowest BCUT2D eigenvalue weighted by Crippen LogP contribution is -2.71. The number of thioether (sulfide) groups is 1. The van der Waals surface area contributed by atoms with Crippen molar-refractivity contribution in [2.75, 3.05) is 45.6 Å². The molecule has 2 aliphatic rings. The van der Waals surface area contributed by atoms with Crippen molar-refractivity contribution in [1.82, 2.24) is 15.2 Å². The molecule has 0 radical (unpaired) electrons. The van der Waals surface area contributed by atoms with Gasteiger partial charge < -0.3 is 34.9 Å². The number of thiazole rings is 1. The number of carboxylic acids is 1. The normalized spacial score (nSPS) is 16.9. The first-order chi connectivity index (χ1) is 28.0. The number of aliphatic carboxylic acids is 1. The summed E-state index contributed by atoms with van der Waals surface area (Å²) in [6, 6.07) is 36.5. The fourth-order valence-corrected chi connectivity index (χ4v) is 9.61. The second-order valence-corrected chi connectivity index (χ2v) is 16.4. The Labute approximate surface area is 344 Å². The van der Waals surface area contributed by atoms with Gasteiger partial charge in [-0.2, -0.15) is 0 Å². The molecule has 1 fully saturated rings. The summed E-state index contributed by atoms with van der Waals surface area (Å²) in [7, 11) is 5.30. The highest BCUT2D eigenvalue weighted by Gasteiger charge is 2.55. The number of anilines is 1. The molecule has 13 nitrogen and oxygen atoms in total. The number of oxime groups is 1. The van der Waals surface area contributed by atoms with Crippen molar-refractivity contribution in [3.63, 3.8) is 0 Å². The van der Waals surface area contributed by atoms with Crippen molar-refractivity contribution in [2.24, 2.45) is 5.16 Å². The van der Waals surface area contributed by atoms with Gasteiger partial charge in [0.15, 0.2) is 17.6 Å². The van der Waals surface area contributed by atoms with Crippen molar-refractivity contribution in [3.8, 4) is 5.75 Å². The van der Waals surface area contributed by atoms with Crippen LogP contribution in [0.1, 0.15) is 27.9 Å². The predicted molar refractivity (Wildman–Crippen MR) is 223 cm³/mol. The summed E-state index contributed by atoms with van der Waals surface area (Å²) >= 11 is 2.69. The molecule has 5 aromatic rings. The predicted octanol–water partition coefficient (Wildman–Crippen LogP) is 5.24. The molecule has 2 atom stereocenters. The Morgan fingerprint density at radius 2 is 1.50 bits per heavy atom. The summed E-state index contributed by atoms with van der Waals surface area (Å²) in [4.78, 5) is 51.5. The Balaban J connectivity index is 1.09. The van der Waals surface area contributed by atoms with Crippen LogP contribution in [0.5, 0.6) is 5.75 Å². The number of aromatic nitrogens is 1. The second-order valence-electron chi connectivity index (χ2n) is 14.4. The number of nitrogens with one attached hydrogen (secondary N) is 2. The van der Waals surface area contributed by atoms with Gasteiger partial charge in [-0.1, -0.05) is 96.2 Å². The summed E-state index contributed by atoms with van der Waals surface area (Å²) < 4.78 is 5.54. The topological polar surface area (TPSA) is 163 Å². The first-order valence-electron chi connectivity index (χ1n) is 18.4. The van der Waals surface area contributed by atoms with Crippen LogP contribution >= 0.6 is 23.1 Å². The SMILES string of the molecule is CO/N=C(\C(=O)NC1C(=O)N2C(C(=O)O)=C(C[N+](C)(C)Cc3ccc(OCO)cc3)CSC12)c1csc(NC(c2ccccc2)(c2ccccc2)c2ccccc2)n1. The number of carboxylic acid groups (broad SMARTS) is 1. The van der Waals surface area contributed by atoms with Crippen LogP contribution in [0.4, 0.5) is 5.13 Å². The molecular formula is C43H43N6O7S2+. The molecule has 1 aromatic heterocycles. The van der Waals surface area contributed by atoms with Crippen LogP contribution in [0.25, 0.3) is 0 Å². The van der Waals surface area contributed by atoms with Gasteiger partial charge >= 0.3 is 5.97 Å². The Kier molecular flexibility index (Phi) is 12.0. The number of fused-ring (bicyclic) bond motifs is 1. The van der Waals surface area contributed by atoms with Crippen LogP contribution in [-0.4, -0.2) is 99.8 Å². The lowest BCUT2D eigenvalue weighted by molar-refractivity contribution is -0.899. The van der Waals surface area contributed by atoms with Crippen molar-refractivity contribution in [1.29, 1.82) is 0 Å². The molecule has 15 heteroatoms. The summed E-state index contributed by atoms with van der Waals surface area (Å²) in [5, 5.41) is 31.5. The largest absolute Gasteiger partial charge is 0.477 e. The number of carbonyl (C=O) groups is 3. The minimum Gasteiger partial charge on any atom is -0.477 e. The average Bonchev–Trinajstić information content (AvgIpc) is 3.70. The molecule has 2 unspecified atom stereocenters. The molecule has 2 amide bonds. The minimum atomic E-state index is -1.20. The van der Waals surface area contributed by atoms with Crippen molar-refractivity contribution < 1.29 is 38.7 Å². The number of nitrogens with zero attached hydrogens (tertiary/aromatic N) is 4. The van der Waals surface area contributed by atoms with E-state index >= 15 is 0 Å². The Bertz CT molecular complexity index is 2220. The number of amides is 2. The smallest absolute Gasteiger partial charge is 0.352 e. The number of benzene rings is 4. The maximum Gasteiger partial charge on any atom is 0.352 e. The number of ether oxygens (including phenoxy) is 1. The number of β-lactam (4-membered cyclic amide) rings is 1. The van der Waals surface area contributed by atoms with E-state index in [1.807, 2.05) is 80.8 Å². The van der Waals surface area contributed by atoms with Crippen LogP contribution in [0.15, 0.2) is 137 Å². The Morgan fingerprint density at radius 1 is 0.914 bits per heavy atom. The number of aliphatic hydroxyl groups is 1. The zero-order valence-electron chi connectivity index (χ0n) is 32.1. The first-order valence-corrected chi connectivity index (χ1v) is 20.3. The molecule has 1 saturated heterocycles. The van der Waals surface area contributed by atoms with E-state index in [4.69, 9.17) is 19.7 Å². The molecule has 0 spiro atoms. The van der Waals surface area contributed by atoms with E-state index in [1.165, 1.54) is 35.1 Å². The standard InChI is InChI=1S/C43H42N6O7S2/c1-49(2,23-28-19-21-33(22-20-28)56-27-50)24-29-25-57-40-36(39(52)48(40)37(29)41(53)54)45-38(51)35(47-55-3)34-26-58-42(44-34)46-43(30-13-7-4-8-14-30,31-15-9-5-10-16-31)32-17-11-6-12-18-32/h4-22,26,36,40,50H,23-25,27H2,1-3H3,(H2-,44,45,46,51,53,54)/p+1/b47-35-. The van der Waals surface area contributed by atoms with Crippen molar-refractivity contribution in [2.45, 2.75) is 23.5 Å². The minimum absolute atomic E-state index is 0.0585. The van der Waals surface area contributed by atoms with Gasteiger partial charge in [0.25, 0.3) is 11.8 Å². The fraction of sp³-hybridized carbons (Fsp3) is 0.233.